The van der Waals surface area contributed by atoms with Crippen molar-refractivity contribution in [2.45, 2.75) is 19.8 Å². The second-order valence-corrected chi connectivity index (χ2v) is 4.63. The summed E-state index contributed by atoms with van der Waals surface area (Å²) in [6, 6.07) is 5.24. The number of Topliss-reactive ketones (excluding diaryl/α,β-unsaturated/α-hetero) is 1. The van der Waals surface area contributed by atoms with Crippen molar-refractivity contribution in [1.82, 2.24) is 0 Å². The highest BCUT2D eigenvalue weighted by molar-refractivity contribution is 6.42. The largest absolute Gasteiger partial charge is 0.497 e. The molecule has 1 aliphatic heterocycles. The Morgan fingerprint density at radius 1 is 1.25 bits per heavy atom. The third kappa shape index (κ3) is 2.92. The van der Waals surface area contributed by atoms with Crippen LogP contribution in [0.5, 0.6) is 5.75 Å². The van der Waals surface area contributed by atoms with E-state index < -0.39 is 11.8 Å². The van der Waals surface area contributed by atoms with E-state index >= 15 is 0 Å². The second-order valence-electron chi connectivity index (χ2n) is 4.63. The van der Waals surface area contributed by atoms with Crippen LogP contribution in [0.1, 0.15) is 30.1 Å². The van der Waals surface area contributed by atoms with E-state index in [1.54, 1.807) is 19.1 Å². The van der Waals surface area contributed by atoms with Gasteiger partial charge in [0.05, 0.1) is 19.3 Å². The van der Waals surface area contributed by atoms with Gasteiger partial charge in [-0.05, 0) is 38.0 Å². The van der Waals surface area contributed by atoms with Crippen molar-refractivity contribution in [3.8, 4) is 5.75 Å². The summed E-state index contributed by atoms with van der Waals surface area (Å²) in [7, 11) is 1.53. The zero-order valence-electron chi connectivity index (χ0n) is 11.8. The average Bonchev–Trinajstić information content (AvgIpc) is 3.00. The van der Waals surface area contributed by atoms with Crippen LogP contribution in [0, 0.1) is 0 Å². The molecule has 0 unspecified atom stereocenters. The molecule has 0 atom stereocenters. The fourth-order valence-corrected chi connectivity index (χ4v) is 2.36. The van der Waals surface area contributed by atoms with Gasteiger partial charge in [0.2, 0.25) is 0 Å². The summed E-state index contributed by atoms with van der Waals surface area (Å²) in [5.74, 6) is -0.880. The van der Waals surface area contributed by atoms with Crippen LogP contribution in [0.25, 0.3) is 0 Å². The topological polar surface area (TPSA) is 55.8 Å². The number of anilines is 1. The molecule has 1 aromatic rings. The minimum atomic E-state index is -0.818. The van der Waals surface area contributed by atoms with E-state index in [0.717, 1.165) is 31.6 Å². The van der Waals surface area contributed by atoms with Crippen molar-refractivity contribution in [2.24, 2.45) is 0 Å². The van der Waals surface area contributed by atoms with Crippen LogP contribution < -0.4 is 9.64 Å². The summed E-state index contributed by atoms with van der Waals surface area (Å²) < 4.78 is 9.94. The quantitative estimate of drug-likeness (QED) is 0.468. The summed E-state index contributed by atoms with van der Waals surface area (Å²) in [5, 5.41) is 0. The highest BCUT2D eigenvalue weighted by Crippen LogP contribution is 2.28. The predicted octanol–water partition coefficient (Wildman–Crippen LogP) is 2.04. The van der Waals surface area contributed by atoms with Crippen molar-refractivity contribution >= 4 is 17.4 Å². The molecule has 0 aliphatic carbocycles. The fraction of sp³-hybridized carbons (Fsp3) is 0.467. The number of carbonyl (C=O) groups is 2. The number of rotatable bonds is 5. The normalized spacial score (nSPS) is 14.2. The first-order valence-electron chi connectivity index (χ1n) is 6.81. The van der Waals surface area contributed by atoms with Crippen molar-refractivity contribution in [3.05, 3.63) is 23.8 Å². The molecule has 0 N–H and O–H groups in total. The molecule has 0 saturated carbocycles. The van der Waals surface area contributed by atoms with Gasteiger partial charge in [-0.3, -0.25) is 4.79 Å². The summed E-state index contributed by atoms with van der Waals surface area (Å²) in [5.41, 5.74) is 1.13. The third-order valence-corrected chi connectivity index (χ3v) is 3.36. The minimum Gasteiger partial charge on any atom is -0.497 e. The predicted molar refractivity (Wildman–Crippen MR) is 75.4 cm³/mol. The number of nitrogens with zero attached hydrogens (tertiary/aromatic N) is 1. The average molecular weight is 277 g/mol. The van der Waals surface area contributed by atoms with Gasteiger partial charge in [0, 0.05) is 18.8 Å². The number of esters is 1. The minimum absolute atomic E-state index is 0.188. The molecule has 5 nitrogen and oxygen atoms in total. The Labute approximate surface area is 118 Å². The molecule has 0 radical (unpaired) electrons. The van der Waals surface area contributed by atoms with Gasteiger partial charge in [0.15, 0.2) is 0 Å². The van der Waals surface area contributed by atoms with Crippen molar-refractivity contribution in [1.29, 1.82) is 0 Å². The lowest BCUT2D eigenvalue weighted by Gasteiger charge is -2.21. The van der Waals surface area contributed by atoms with Crippen molar-refractivity contribution in [3.63, 3.8) is 0 Å². The van der Waals surface area contributed by atoms with Crippen LogP contribution in [0.4, 0.5) is 5.69 Å². The summed E-state index contributed by atoms with van der Waals surface area (Å²) >= 11 is 0. The van der Waals surface area contributed by atoms with Gasteiger partial charge < -0.3 is 14.4 Å². The molecule has 1 saturated heterocycles. The highest BCUT2D eigenvalue weighted by Gasteiger charge is 2.25. The Morgan fingerprint density at radius 3 is 2.55 bits per heavy atom. The molecule has 1 aliphatic rings. The van der Waals surface area contributed by atoms with Crippen molar-refractivity contribution in [2.75, 3.05) is 31.7 Å². The molecular formula is C15H19NO4. The SMILES string of the molecule is CCOC(=O)C(=O)c1cc(OC)ccc1N1CCCC1. The van der Waals surface area contributed by atoms with Crippen LogP contribution in [-0.4, -0.2) is 38.6 Å². The lowest BCUT2D eigenvalue weighted by Crippen LogP contribution is -2.24. The van der Waals surface area contributed by atoms with E-state index in [-0.39, 0.29) is 6.61 Å². The Balaban J connectivity index is 2.36. The fourth-order valence-electron chi connectivity index (χ4n) is 2.36. The van der Waals surface area contributed by atoms with Gasteiger partial charge in [0.1, 0.15) is 5.75 Å². The van der Waals surface area contributed by atoms with Crippen LogP contribution in [-0.2, 0) is 9.53 Å². The van der Waals surface area contributed by atoms with E-state index in [1.807, 2.05) is 6.07 Å². The molecule has 0 aromatic heterocycles. The molecule has 20 heavy (non-hydrogen) atoms. The Kier molecular flexibility index (Phi) is 4.61. The Hall–Kier alpha value is -2.04. The lowest BCUT2D eigenvalue weighted by atomic mass is 10.1. The number of methoxy groups -OCH3 is 1. The number of hydrogen-bond acceptors (Lipinski definition) is 5. The second kappa shape index (κ2) is 6.41. The van der Waals surface area contributed by atoms with Gasteiger partial charge in [-0.15, -0.1) is 0 Å². The van der Waals surface area contributed by atoms with Crippen molar-refractivity contribution < 1.29 is 19.1 Å². The molecule has 0 spiro atoms. The molecule has 0 bridgehead atoms. The number of ether oxygens (including phenoxy) is 2. The molecule has 5 heteroatoms. The van der Waals surface area contributed by atoms with Gasteiger partial charge in [-0.2, -0.15) is 0 Å². The first-order valence-corrected chi connectivity index (χ1v) is 6.81. The number of ketones is 1. The lowest BCUT2D eigenvalue weighted by molar-refractivity contribution is -0.137. The number of benzene rings is 1. The first-order chi connectivity index (χ1) is 9.67. The number of carbonyl (C=O) groups excluding carboxylic acids is 2. The summed E-state index contributed by atoms with van der Waals surface area (Å²) in [6.07, 6.45) is 2.19. The highest BCUT2D eigenvalue weighted by atomic mass is 16.5. The van der Waals surface area contributed by atoms with Gasteiger partial charge in [-0.1, -0.05) is 0 Å². The molecule has 1 aromatic carbocycles. The molecule has 2 rings (SSSR count). The Bertz CT molecular complexity index is 507. The molecule has 1 fully saturated rings. The Morgan fingerprint density at radius 2 is 1.95 bits per heavy atom. The zero-order chi connectivity index (χ0) is 14.5. The first kappa shape index (κ1) is 14.4. The van der Waals surface area contributed by atoms with Crippen LogP contribution >= 0.6 is 0 Å². The summed E-state index contributed by atoms with van der Waals surface area (Å²) in [4.78, 5) is 26.0. The van der Waals surface area contributed by atoms with Gasteiger partial charge in [-0.25, -0.2) is 4.79 Å². The van der Waals surface area contributed by atoms with E-state index in [2.05, 4.69) is 4.90 Å². The maximum absolute atomic E-state index is 12.2. The standard InChI is InChI=1S/C15H19NO4/c1-3-20-15(18)14(17)12-10-11(19-2)6-7-13(12)16-8-4-5-9-16/h6-7,10H,3-5,8-9H2,1-2H3. The van der Waals surface area contributed by atoms with Crippen LogP contribution in [0.3, 0.4) is 0 Å². The van der Waals surface area contributed by atoms with Gasteiger partial charge >= 0.3 is 5.97 Å². The molecule has 1 heterocycles. The van der Waals surface area contributed by atoms with Crippen LogP contribution in [0.15, 0.2) is 18.2 Å². The summed E-state index contributed by atoms with van der Waals surface area (Å²) in [6.45, 7) is 3.66. The smallest absolute Gasteiger partial charge is 0.379 e. The molecule has 108 valence electrons. The monoisotopic (exact) mass is 277 g/mol. The van der Waals surface area contributed by atoms with E-state index in [9.17, 15) is 9.59 Å². The number of hydrogen-bond donors (Lipinski definition) is 0. The van der Waals surface area contributed by atoms with E-state index in [4.69, 9.17) is 9.47 Å². The van der Waals surface area contributed by atoms with Crippen LogP contribution in [0.2, 0.25) is 0 Å². The molecular weight excluding hydrogens is 258 g/mol. The maximum Gasteiger partial charge on any atom is 0.379 e. The van der Waals surface area contributed by atoms with Gasteiger partial charge in [0.25, 0.3) is 5.78 Å². The van der Waals surface area contributed by atoms with E-state index in [0.29, 0.717) is 11.3 Å². The molecule has 0 amide bonds. The third-order valence-electron chi connectivity index (χ3n) is 3.36. The maximum atomic E-state index is 12.2. The van der Waals surface area contributed by atoms with E-state index in [1.165, 1.54) is 7.11 Å². The zero-order valence-corrected chi connectivity index (χ0v) is 11.8.